The molecule has 2 saturated heterocycles. The third kappa shape index (κ3) is 4.32. The first-order valence-corrected chi connectivity index (χ1v) is 11.5. The SMILES string of the molecule is CS(=O)(=O)c1cc([N+](=O)[O-])c(N2CCCC(N3CCCCCC3)C2)s1. The molecule has 2 fully saturated rings. The van der Waals surface area contributed by atoms with Gasteiger partial charge in [0.25, 0.3) is 0 Å². The minimum Gasteiger partial charge on any atom is -0.356 e. The summed E-state index contributed by atoms with van der Waals surface area (Å²) >= 11 is 1.03. The van der Waals surface area contributed by atoms with Crippen LogP contribution in [0.15, 0.2) is 10.3 Å². The molecular weight excluding hydrogens is 362 g/mol. The molecule has 0 spiro atoms. The first kappa shape index (κ1) is 18.6. The summed E-state index contributed by atoms with van der Waals surface area (Å²) in [5, 5.41) is 11.9. The van der Waals surface area contributed by atoms with Crippen molar-refractivity contribution in [3.05, 3.63) is 16.2 Å². The van der Waals surface area contributed by atoms with Crippen LogP contribution in [0, 0.1) is 10.1 Å². The van der Waals surface area contributed by atoms with Gasteiger partial charge in [-0.15, -0.1) is 0 Å². The van der Waals surface area contributed by atoms with Crippen molar-refractivity contribution in [3.63, 3.8) is 0 Å². The van der Waals surface area contributed by atoms with Gasteiger partial charge in [-0.2, -0.15) is 0 Å². The molecular formula is C16H25N3O4S2. The molecule has 140 valence electrons. The van der Waals surface area contributed by atoms with Gasteiger partial charge in [0, 0.05) is 31.5 Å². The smallest absolute Gasteiger partial charge is 0.305 e. The van der Waals surface area contributed by atoms with Gasteiger partial charge in [-0.05, 0) is 38.8 Å². The first-order chi connectivity index (χ1) is 11.9. The highest BCUT2D eigenvalue weighted by Crippen LogP contribution is 2.41. The standard InChI is InChI=1S/C16H25N3O4S2/c1-25(22,23)15-11-14(19(20)21)16(24-15)18-10-6-7-13(12-18)17-8-4-2-3-5-9-17/h11,13H,2-10,12H2,1H3. The van der Waals surface area contributed by atoms with Gasteiger partial charge in [-0.3, -0.25) is 15.0 Å². The molecule has 1 unspecified atom stereocenters. The van der Waals surface area contributed by atoms with Crippen molar-refractivity contribution in [2.45, 2.75) is 48.8 Å². The number of likely N-dealkylation sites (tertiary alicyclic amines) is 1. The van der Waals surface area contributed by atoms with Gasteiger partial charge in [0.15, 0.2) is 14.8 Å². The Bertz CT molecular complexity index is 724. The lowest BCUT2D eigenvalue weighted by molar-refractivity contribution is -0.383. The molecule has 1 aromatic heterocycles. The van der Waals surface area contributed by atoms with E-state index < -0.39 is 14.8 Å². The van der Waals surface area contributed by atoms with Crippen LogP contribution in [0.4, 0.5) is 10.7 Å². The number of rotatable bonds is 4. The molecule has 0 N–H and O–H groups in total. The Morgan fingerprint density at radius 2 is 1.84 bits per heavy atom. The highest BCUT2D eigenvalue weighted by molar-refractivity contribution is 7.92. The fraction of sp³-hybridized carbons (Fsp3) is 0.750. The fourth-order valence-corrected chi connectivity index (χ4v) is 5.85. The highest BCUT2D eigenvalue weighted by atomic mass is 32.2. The van der Waals surface area contributed by atoms with Crippen LogP contribution < -0.4 is 4.90 Å². The summed E-state index contributed by atoms with van der Waals surface area (Å²) in [6, 6.07) is 1.61. The molecule has 3 rings (SSSR count). The average Bonchev–Trinajstić information content (AvgIpc) is 2.85. The van der Waals surface area contributed by atoms with Gasteiger partial charge in [0.1, 0.15) is 4.21 Å². The van der Waals surface area contributed by atoms with Crippen molar-refractivity contribution in [2.24, 2.45) is 0 Å². The zero-order valence-corrected chi connectivity index (χ0v) is 16.1. The Kier molecular flexibility index (Phi) is 5.65. The van der Waals surface area contributed by atoms with Gasteiger partial charge in [-0.25, -0.2) is 8.42 Å². The number of thiophene rings is 1. The Balaban J connectivity index is 1.83. The molecule has 25 heavy (non-hydrogen) atoms. The van der Waals surface area contributed by atoms with Crippen molar-refractivity contribution < 1.29 is 13.3 Å². The molecule has 3 heterocycles. The summed E-state index contributed by atoms with van der Waals surface area (Å²) in [6.45, 7) is 3.68. The van der Waals surface area contributed by atoms with Gasteiger partial charge in [0.2, 0.25) is 0 Å². The van der Waals surface area contributed by atoms with Crippen molar-refractivity contribution >= 4 is 31.9 Å². The lowest BCUT2D eigenvalue weighted by atomic mass is 10.0. The Hall–Kier alpha value is -1.19. The largest absolute Gasteiger partial charge is 0.356 e. The molecule has 2 aliphatic heterocycles. The Morgan fingerprint density at radius 1 is 1.16 bits per heavy atom. The zero-order chi connectivity index (χ0) is 18.0. The lowest BCUT2D eigenvalue weighted by Gasteiger charge is -2.39. The summed E-state index contributed by atoms with van der Waals surface area (Å²) < 4.78 is 23.7. The van der Waals surface area contributed by atoms with Gasteiger partial charge >= 0.3 is 5.69 Å². The van der Waals surface area contributed by atoms with Gasteiger partial charge < -0.3 is 4.90 Å². The van der Waals surface area contributed by atoms with Gasteiger partial charge in [0.05, 0.1) is 4.92 Å². The van der Waals surface area contributed by atoms with E-state index in [4.69, 9.17) is 0 Å². The molecule has 1 atom stereocenters. The molecule has 0 aromatic carbocycles. The van der Waals surface area contributed by atoms with E-state index in [-0.39, 0.29) is 9.90 Å². The maximum atomic E-state index is 11.8. The minimum absolute atomic E-state index is 0.0751. The molecule has 9 heteroatoms. The predicted molar refractivity (Wildman–Crippen MR) is 99.4 cm³/mol. The van der Waals surface area contributed by atoms with E-state index in [1.807, 2.05) is 4.90 Å². The quantitative estimate of drug-likeness (QED) is 0.583. The maximum Gasteiger partial charge on any atom is 0.305 e. The van der Waals surface area contributed by atoms with Crippen molar-refractivity contribution in [3.8, 4) is 0 Å². The van der Waals surface area contributed by atoms with E-state index in [0.717, 1.165) is 56.6 Å². The molecule has 0 amide bonds. The topological polar surface area (TPSA) is 83.8 Å². The highest BCUT2D eigenvalue weighted by Gasteiger charge is 2.32. The monoisotopic (exact) mass is 387 g/mol. The van der Waals surface area contributed by atoms with Crippen LogP contribution in [0.1, 0.15) is 38.5 Å². The van der Waals surface area contributed by atoms with E-state index in [2.05, 4.69) is 4.90 Å². The van der Waals surface area contributed by atoms with Crippen LogP contribution in [-0.2, 0) is 9.84 Å². The average molecular weight is 388 g/mol. The molecule has 7 nitrogen and oxygen atoms in total. The number of hydrogen-bond acceptors (Lipinski definition) is 7. The van der Waals surface area contributed by atoms with Crippen LogP contribution in [0.5, 0.6) is 0 Å². The number of nitrogens with zero attached hydrogens (tertiary/aromatic N) is 3. The summed E-state index contributed by atoms with van der Waals surface area (Å²) in [5.41, 5.74) is -0.0815. The van der Waals surface area contributed by atoms with Crippen LogP contribution >= 0.6 is 11.3 Å². The second-order valence-electron chi connectivity index (χ2n) is 6.98. The van der Waals surface area contributed by atoms with Gasteiger partial charge in [-0.1, -0.05) is 24.2 Å². The predicted octanol–water partition coefficient (Wildman–Crippen LogP) is 2.90. The van der Waals surface area contributed by atoms with E-state index in [1.54, 1.807) is 0 Å². The van der Waals surface area contributed by atoms with Crippen LogP contribution in [-0.4, -0.2) is 56.7 Å². The number of piperidine rings is 1. The summed E-state index contributed by atoms with van der Waals surface area (Å²) in [5.74, 6) is 0. The molecule has 0 radical (unpaired) electrons. The summed E-state index contributed by atoms with van der Waals surface area (Å²) in [4.78, 5) is 15.5. The van der Waals surface area contributed by atoms with E-state index in [1.165, 1.54) is 31.7 Å². The van der Waals surface area contributed by atoms with Crippen LogP contribution in [0.3, 0.4) is 0 Å². The summed E-state index contributed by atoms with van der Waals surface area (Å²) in [7, 11) is -3.44. The molecule has 2 aliphatic rings. The molecule has 1 aromatic rings. The lowest BCUT2D eigenvalue weighted by Crippen LogP contribution is -2.48. The number of hydrogen-bond donors (Lipinski definition) is 0. The molecule has 0 saturated carbocycles. The van der Waals surface area contributed by atoms with Crippen molar-refractivity contribution in [2.75, 3.05) is 37.3 Å². The van der Waals surface area contributed by atoms with Crippen LogP contribution in [0.2, 0.25) is 0 Å². The second kappa shape index (κ2) is 7.59. The van der Waals surface area contributed by atoms with Crippen molar-refractivity contribution in [1.29, 1.82) is 0 Å². The minimum atomic E-state index is -3.44. The van der Waals surface area contributed by atoms with E-state index in [0.29, 0.717) is 11.0 Å². The normalized spacial score (nSPS) is 23.4. The first-order valence-electron chi connectivity index (χ1n) is 8.83. The number of sulfone groups is 1. The van der Waals surface area contributed by atoms with E-state index >= 15 is 0 Å². The molecule has 0 aliphatic carbocycles. The Morgan fingerprint density at radius 3 is 2.44 bits per heavy atom. The maximum absolute atomic E-state index is 11.8. The molecule has 0 bridgehead atoms. The van der Waals surface area contributed by atoms with E-state index in [9.17, 15) is 18.5 Å². The Labute approximate surface area is 152 Å². The zero-order valence-electron chi connectivity index (χ0n) is 14.5. The number of anilines is 1. The fourth-order valence-electron chi connectivity index (χ4n) is 3.79. The third-order valence-corrected chi connectivity index (χ3v) is 8.06. The second-order valence-corrected chi connectivity index (χ2v) is 10.3. The number of nitro groups is 1. The van der Waals surface area contributed by atoms with Crippen molar-refractivity contribution in [1.82, 2.24) is 4.90 Å². The summed E-state index contributed by atoms with van der Waals surface area (Å²) in [6.07, 6.45) is 8.17. The van der Waals surface area contributed by atoms with Crippen LogP contribution in [0.25, 0.3) is 0 Å². The third-order valence-electron chi connectivity index (χ3n) is 5.07.